The van der Waals surface area contributed by atoms with Crippen molar-refractivity contribution >= 4 is 11.2 Å². The maximum Gasteiger partial charge on any atom is 0.169 e. The normalized spacial score (nSPS) is 10.4. The largest absolute Gasteiger partial charge is 0.283 e. The first kappa shape index (κ1) is 14.2. The average Bonchev–Trinajstić information content (AvgIpc) is 3.05. The zero-order valence-corrected chi connectivity index (χ0v) is 13.1. The third kappa shape index (κ3) is 2.64. The fraction of sp³-hybridized carbons (Fsp3) is 0.0500. The maximum atomic E-state index is 4.55. The highest BCUT2D eigenvalue weighted by Gasteiger charge is 2.11. The van der Waals surface area contributed by atoms with Crippen molar-refractivity contribution in [2.24, 2.45) is 0 Å². The van der Waals surface area contributed by atoms with Crippen LogP contribution in [0.3, 0.4) is 0 Å². The van der Waals surface area contributed by atoms with Gasteiger partial charge in [0.05, 0.1) is 0 Å². The molecule has 0 saturated heterocycles. The highest BCUT2D eigenvalue weighted by molar-refractivity contribution is 5.78. The summed E-state index contributed by atoms with van der Waals surface area (Å²) in [6.45, 7) is 1.87. The van der Waals surface area contributed by atoms with Gasteiger partial charge >= 0.3 is 0 Å². The highest BCUT2D eigenvalue weighted by Crippen LogP contribution is 2.18. The maximum absolute atomic E-state index is 4.55. The first-order chi connectivity index (χ1) is 11.8. The monoisotopic (exact) mass is 310 g/mol. The summed E-state index contributed by atoms with van der Waals surface area (Å²) >= 11 is 0. The van der Waals surface area contributed by atoms with Crippen LogP contribution in [0.4, 0.5) is 0 Å². The Morgan fingerprint density at radius 3 is 2.29 bits per heavy atom. The lowest BCUT2D eigenvalue weighted by Crippen LogP contribution is -1.98. The van der Waals surface area contributed by atoms with Gasteiger partial charge in [0.15, 0.2) is 5.65 Å². The minimum atomic E-state index is 0.649. The van der Waals surface area contributed by atoms with Gasteiger partial charge in [0, 0.05) is 11.3 Å². The Labute approximate surface area is 139 Å². The molecular formula is C20H14N4. The molecule has 4 aromatic rings. The van der Waals surface area contributed by atoms with Crippen molar-refractivity contribution in [3.63, 3.8) is 0 Å². The average molecular weight is 310 g/mol. The van der Waals surface area contributed by atoms with Crippen LogP contribution < -0.4 is 0 Å². The molecule has 0 aliphatic heterocycles. The SMILES string of the molecule is Cc1nc(C#Cc2ccccc2)c2ncn(-c3ccccc3)c2n1. The summed E-state index contributed by atoms with van der Waals surface area (Å²) in [4.78, 5) is 13.5. The van der Waals surface area contributed by atoms with Crippen molar-refractivity contribution in [1.82, 2.24) is 19.5 Å². The number of rotatable bonds is 1. The van der Waals surface area contributed by atoms with Crippen molar-refractivity contribution < 1.29 is 0 Å². The summed E-state index contributed by atoms with van der Waals surface area (Å²) in [5, 5.41) is 0. The van der Waals surface area contributed by atoms with Crippen molar-refractivity contribution in [2.75, 3.05) is 0 Å². The Morgan fingerprint density at radius 1 is 0.833 bits per heavy atom. The zero-order valence-electron chi connectivity index (χ0n) is 13.1. The molecule has 0 N–H and O–H groups in total. The summed E-state index contributed by atoms with van der Waals surface area (Å²) < 4.78 is 1.96. The van der Waals surface area contributed by atoms with Crippen molar-refractivity contribution in [3.05, 3.63) is 84.1 Å². The van der Waals surface area contributed by atoms with Gasteiger partial charge in [-0.2, -0.15) is 0 Å². The summed E-state index contributed by atoms with van der Waals surface area (Å²) in [5.74, 6) is 6.95. The number of hydrogen-bond donors (Lipinski definition) is 0. The van der Waals surface area contributed by atoms with E-state index in [4.69, 9.17) is 0 Å². The van der Waals surface area contributed by atoms with Crippen LogP contribution in [-0.2, 0) is 0 Å². The van der Waals surface area contributed by atoms with E-state index < -0.39 is 0 Å². The van der Waals surface area contributed by atoms with E-state index >= 15 is 0 Å². The Morgan fingerprint density at radius 2 is 1.54 bits per heavy atom. The van der Waals surface area contributed by atoms with Crippen LogP contribution in [0.2, 0.25) is 0 Å². The Kier molecular flexibility index (Phi) is 3.53. The summed E-state index contributed by atoms with van der Waals surface area (Å²) in [5.41, 5.74) is 4.10. The molecule has 0 fully saturated rings. The fourth-order valence-electron chi connectivity index (χ4n) is 2.53. The molecule has 4 heteroatoms. The van der Waals surface area contributed by atoms with Crippen molar-refractivity contribution in [3.8, 4) is 17.5 Å². The van der Waals surface area contributed by atoms with Gasteiger partial charge in [0.1, 0.15) is 23.4 Å². The Balaban J connectivity index is 1.86. The first-order valence-electron chi connectivity index (χ1n) is 7.65. The van der Waals surface area contributed by atoms with Crippen LogP contribution in [0, 0.1) is 18.8 Å². The lowest BCUT2D eigenvalue weighted by Gasteiger charge is -2.03. The second kappa shape index (κ2) is 5.98. The molecule has 24 heavy (non-hydrogen) atoms. The number of imidazole rings is 1. The molecule has 2 heterocycles. The number of benzene rings is 2. The van der Waals surface area contributed by atoms with Crippen molar-refractivity contribution in [2.45, 2.75) is 6.92 Å². The topological polar surface area (TPSA) is 43.6 Å². The number of fused-ring (bicyclic) bond motifs is 1. The van der Waals surface area contributed by atoms with E-state index in [1.54, 1.807) is 6.33 Å². The van der Waals surface area contributed by atoms with Gasteiger partial charge in [0.25, 0.3) is 0 Å². The molecule has 0 spiro atoms. The van der Waals surface area contributed by atoms with E-state index in [1.165, 1.54) is 0 Å². The summed E-state index contributed by atoms with van der Waals surface area (Å²) in [7, 11) is 0. The number of para-hydroxylation sites is 1. The third-order valence-electron chi connectivity index (χ3n) is 3.64. The van der Waals surface area contributed by atoms with Gasteiger partial charge in [-0.1, -0.05) is 42.3 Å². The molecule has 0 aliphatic carbocycles. The first-order valence-corrected chi connectivity index (χ1v) is 7.65. The zero-order chi connectivity index (χ0) is 16.4. The molecule has 0 saturated carbocycles. The number of aromatic nitrogens is 4. The van der Waals surface area contributed by atoms with E-state index in [9.17, 15) is 0 Å². The second-order valence-electron chi connectivity index (χ2n) is 5.36. The van der Waals surface area contributed by atoms with Crippen LogP contribution in [0.5, 0.6) is 0 Å². The quantitative estimate of drug-likeness (QED) is 0.505. The van der Waals surface area contributed by atoms with Gasteiger partial charge in [-0.3, -0.25) is 4.57 Å². The molecular weight excluding hydrogens is 296 g/mol. The molecule has 2 aromatic heterocycles. The van der Waals surface area contributed by atoms with Gasteiger partial charge < -0.3 is 0 Å². The van der Waals surface area contributed by atoms with Crippen LogP contribution in [0.25, 0.3) is 16.9 Å². The molecule has 114 valence electrons. The minimum Gasteiger partial charge on any atom is -0.283 e. The van der Waals surface area contributed by atoms with Crippen molar-refractivity contribution in [1.29, 1.82) is 0 Å². The highest BCUT2D eigenvalue weighted by atomic mass is 15.1. The third-order valence-corrected chi connectivity index (χ3v) is 3.64. The molecule has 0 bridgehead atoms. The molecule has 0 unspecified atom stereocenters. The van der Waals surface area contributed by atoms with Crippen LogP contribution in [0.15, 0.2) is 67.0 Å². The van der Waals surface area contributed by atoms with Crippen LogP contribution >= 0.6 is 0 Å². The molecule has 0 atom stereocenters. The van der Waals surface area contributed by atoms with E-state index in [2.05, 4.69) is 26.8 Å². The number of aryl methyl sites for hydroxylation is 1. The predicted molar refractivity (Wildman–Crippen MR) is 93.8 cm³/mol. The standard InChI is InChI=1S/C20H14N4/c1-15-22-18(13-12-16-8-4-2-5-9-16)19-20(23-15)24(14-21-19)17-10-6-3-7-11-17/h2-11,14H,1H3. The van der Waals surface area contributed by atoms with Gasteiger partial charge in [-0.25, -0.2) is 15.0 Å². The molecule has 4 nitrogen and oxygen atoms in total. The number of hydrogen-bond acceptors (Lipinski definition) is 3. The summed E-state index contributed by atoms with van der Waals surface area (Å²) in [6.07, 6.45) is 1.77. The van der Waals surface area contributed by atoms with Crippen LogP contribution in [0.1, 0.15) is 17.1 Å². The Hall–Kier alpha value is -3.45. The fourth-order valence-corrected chi connectivity index (χ4v) is 2.53. The Bertz CT molecular complexity index is 1050. The predicted octanol–water partition coefficient (Wildman–Crippen LogP) is 3.52. The minimum absolute atomic E-state index is 0.649. The molecule has 2 aromatic carbocycles. The molecule has 4 rings (SSSR count). The van der Waals surface area contributed by atoms with Gasteiger partial charge in [-0.05, 0) is 37.1 Å². The van der Waals surface area contributed by atoms with E-state index in [0.717, 1.165) is 16.9 Å². The summed E-state index contributed by atoms with van der Waals surface area (Å²) in [6, 6.07) is 19.9. The van der Waals surface area contributed by atoms with Gasteiger partial charge in [-0.15, -0.1) is 0 Å². The van der Waals surface area contributed by atoms with E-state index in [1.807, 2.05) is 72.2 Å². The van der Waals surface area contributed by atoms with E-state index in [-0.39, 0.29) is 0 Å². The lowest BCUT2D eigenvalue weighted by atomic mass is 10.2. The molecule has 0 radical (unpaired) electrons. The van der Waals surface area contributed by atoms with Crippen LogP contribution in [-0.4, -0.2) is 19.5 Å². The molecule has 0 amide bonds. The second-order valence-corrected chi connectivity index (χ2v) is 5.36. The molecule has 0 aliphatic rings. The van der Waals surface area contributed by atoms with Gasteiger partial charge in [0.2, 0.25) is 0 Å². The number of nitrogens with zero attached hydrogens (tertiary/aromatic N) is 4. The smallest absolute Gasteiger partial charge is 0.169 e. The lowest BCUT2D eigenvalue weighted by molar-refractivity contribution is 1.02. The van der Waals surface area contributed by atoms with E-state index in [0.29, 0.717) is 17.0 Å².